The van der Waals surface area contributed by atoms with Gasteiger partial charge in [0.2, 0.25) is 5.91 Å². The maximum Gasteiger partial charge on any atom is 0.219 e. The third-order valence-corrected chi connectivity index (χ3v) is 6.62. The van der Waals surface area contributed by atoms with Gasteiger partial charge in [0, 0.05) is 33.0 Å². The summed E-state index contributed by atoms with van der Waals surface area (Å²) in [6.07, 6.45) is 0.763. The van der Waals surface area contributed by atoms with Crippen LogP contribution in [0, 0.1) is 0 Å². The average molecular weight is 414 g/mol. The number of aromatic nitrogens is 3. The molecular formula is C20H23N5O3S. The minimum absolute atomic E-state index is 0.0895. The first kappa shape index (κ1) is 18.4. The molecule has 4 heterocycles. The number of carbonyl (C=O) groups excluding carboxylic acids is 1. The number of aromatic amines is 1. The Labute approximate surface area is 172 Å². The molecule has 0 bridgehead atoms. The third kappa shape index (κ3) is 3.24. The van der Waals surface area contributed by atoms with Gasteiger partial charge in [0.1, 0.15) is 11.3 Å². The number of thiazole rings is 1. The van der Waals surface area contributed by atoms with Gasteiger partial charge in [0.25, 0.3) is 0 Å². The number of ether oxygens (including phenoxy) is 2. The van der Waals surface area contributed by atoms with Crippen molar-refractivity contribution >= 4 is 33.1 Å². The molecule has 0 radical (unpaired) electrons. The van der Waals surface area contributed by atoms with Crippen LogP contribution in [0.4, 0.5) is 5.69 Å². The summed E-state index contributed by atoms with van der Waals surface area (Å²) >= 11 is 1.62. The standard InChI is InChI=1S/C20H23N5O3S/c1-12(26)25-6-5-13-14(11-25)22-19(21-13)20-23-17-16(27-2)4-3-15(18(17)29-20)24-7-9-28-10-8-24/h3-4H,5-11H2,1-2H3,(H,21,22). The van der Waals surface area contributed by atoms with E-state index in [9.17, 15) is 4.79 Å². The minimum atomic E-state index is 0.0895. The van der Waals surface area contributed by atoms with Crippen molar-refractivity contribution in [2.75, 3.05) is 44.9 Å². The zero-order valence-electron chi connectivity index (χ0n) is 16.5. The fourth-order valence-corrected chi connectivity index (χ4v) is 5.02. The number of benzene rings is 1. The van der Waals surface area contributed by atoms with Crippen molar-refractivity contribution in [1.82, 2.24) is 19.9 Å². The molecule has 2 aliphatic heterocycles. The number of nitrogens with zero attached hydrogens (tertiary/aromatic N) is 4. The van der Waals surface area contributed by atoms with Crippen molar-refractivity contribution in [2.24, 2.45) is 0 Å². The number of rotatable bonds is 3. The summed E-state index contributed by atoms with van der Waals surface area (Å²) in [7, 11) is 1.67. The molecule has 1 N–H and O–H groups in total. The molecule has 0 saturated carbocycles. The normalized spacial score (nSPS) is 16.9. The molecule has 1 amide bonds. The summed E-state index contributed by atoms with van der Waals surface area (Å²) in [5.41, 5.74) is 4.04. The first-order valence-electron chi connectivity index (χ1n) is 9.78. The van der Waals surface area contributed by atoms with Gasteiger partial charge in [-0.2, -0.15) is 0 Å². The first-order valence-corrected chi connectivity index (χ1v) is 10.6. The van der Waals surface area contributed by atoms with Crippen molar-refractivity contribution < 1.29 is 14.3 Å². The quantitative estimate of drug-likeness (QED) is 0.710. The van der Waals surface area contributed by atoms with Gasteiger partial charge in [0.15, 0.2) is 10.8 Å². The lowest BCUT2D eigenvalue weighted by Gasteiger charge is -2.29. The van der Waals surface area contributed by atoms with Crippen molar-refractivity contribution in [2.45, 2.75) is 19.9 Å². The molecule has 8 nitrogen and oxygen atoms in total. The predicted octanol–water partition coefficient (Wildman–Crippen LogP) is 2.44. The van der Waals surface area contributed by atoms with E-state index in [2.05, 4.69) is 16.0 Å². The van der Waals surface area contributed by atoms with Gasteiger partial charge in [-0.25, -0.2) is 9.97 Å². The highest BCUT2D eigenvalue weighted by molar-refractivity contribution is 7.22. The number of hydrogen-bond donors (Lipinski definition) is 1. The van der Waals surface area contributed by atoms with Crippen LogP contribution in [0.5, 0.6) is 5.75 Å². The number of carbonyl (C=O) groups is 1. The Morgan fingerprint density at radius 2 is 2.07 bits per heavy atom. The molecule has 5 rings (SSSR count). The van der Waals surface area contributed by atoms with Gasteiger partial charge in [-0.15, -0.1) is 11.3 Å². The SMILES string of the molecule is COc1ccc(N2CCOCC2)c2sc(-c3nc4c([nH]3)CN(C(C)=O)CC4)nc12. The van der Waals surface area contributed by atoms with Crippen LogP contribution in [0.3, 0.4) is 0 Å². The Morgan fingerprint density at radius 3 is 2.83 bits per heavy atom. The maximum atomic E-state index is 11.7. The number of morpholine rings is 1. The van der Waals surface area contributed by atoms with Crippen molar-refractivity contribution in [3.63, 3.8) is 0 Å². The molecule has 0 atom stereocenters. The monoisotopic (exact) mass is 413 g/mol. The summed E-state index contributed by atoms with van der Waals surface area (Å²) < 4.78 is 12.2. The lowest BCUT2D eigenvalue weighted by molar-refractivity contribution is -0.129. The van der Waals surface area contributed by atoms with Crippen LogP contribution in [0.1, 0.15) is 18.3 Å². The summed E-state index contributed by atoms with van der Waals surface area (Å²) in [6, 6.07) is 4.08. The zero-order valence-corrected chi connectivity index (χ0v) is 17.3. The second-order valence-corrected chi connectivity index (χ2v) is 8.28. The molecule has 1 fully saturated rings. The topological polar surface area (TPSA) is 83.6 Å². The summed E-state index contributed by atoms with van der Waals surface area (Å²) in [5.74, 6) is 1.61. The van der Waals surface area contributed by atoms with E-state index < -0.39 is 0 Å². The predicted molar refractivity (Wildman–Crippen MR) is 112 cm³/mol. The number of anilines is 1. The van der Waals surface area contributed by atoms with E-state index in [1.165, 1.54) is 0 Å². The molecule has 1 saturated heterocycles. The minimum Gasteiger partial charge on any atom is -0.494 e. The van der Waals surface area contributed by atoms with E-state index in [-0.39, 0.29) is 5.91 Å². The number of imidazole rings is 1. The molecule has 0 unspecified atom stereocenters. The van der Waals surface area contributed by atoms with Gasteiger partial charge >= 0.3 is 0 Å². The van der Waals surface area contributed by atoms with Gasteiger partial charge in [0.05, 0.1) is 48.6 Å². The van der Waals surface area contributed by atoms with Gasteiger partial charge in [-0.3, -0.25) is 4.79 Å². The van der Waals surface area contributed by atoms with Gasteiger partial charge in [-0.05, 0) is 12.1 Å². The van der Waals surface area contributed by atoms with E-state index in [1.807, 2.05) is 11.0 Å². The summed E-state index contributed by atoms with van der Waals surface area (Å²) in [6.45, 7) is 6.09. The number of fused-ring (bicyclic) bond motifs is 2. The smallest absolute Gasteiger partial charge is 0.219 e. The van der Waals surface area contributed by atoms with Crippen LogP contribution >= 0.6 is 11.3 Å². The number of nitrogens with one attached hydrogen (secondary N) is 1. The molecular weight excluding hydrogens is 390 g/mol. The van der Waals surface area contributed by atoms with Crippen molar-refractivity contribution in [3.05, 3.63) is 23.5 Å². The fraction of sp³-hybridized carbons (Fsp3) is 0.450. The second-order valence-electron chi connectivity index (χ2n) is 7.28. The third-order valence-electron chi connectivity index (χ3n) is 5.54. The van der Waals surface area contributed by atoms with Crippen molar-refractivity contribution in [3.8, 4) is 16.6 Å². The van der Waals surface area contributed by atoms with Crippen molar-refractivity contribution in [1.29, 1.82) is 0 Å². The van der Waals surface area contributed by atoms with Crippen LogP contribution in [-0.2, 0) is 22.5 Å². The second kappa shape index (κ2) is 7.31. The van der Waals surface area contributed by atoms with E-state index in [0.717, 1.165) is 76.6 Å². The van der Waals surface area contributed by atoms with E-state index >= 15 is 0 Å². The lowest BCUT2D eigenvalue weighted by atomic mass is 10.1. The highest BCUT2D eigenvalue weighted by Crippen LogP contribution is 2.40. The Balaban J connectivity index is 1.55. The summed E-state index contributed by atoms with van der Waals surface area (Å²) in [5, 5.41) is 0.836. The van der Waals surface area contributed by atoms with Gasteiger partial charge in [-0.1, -0.05) is 0 Å². The Morgan fingerprint density at radius 1 is 1.24 bits per heavy atom. The number of methoxy groups -OCH3 is 1. The Kier molecular flexibility index (Phi) is 4.63. The molecule has 2 aliphatic rings. The van der Waals surface area contributed by atoms with Crippen LogP contribution < -0.4 is 9.64 Å². The van der Waals surface area contributed by atoms with Crippen LogP contribution in [-0.4, -0.2) is 65.7 Å². The molecule has 152 valence electrons. The molecule has 0 spiro atoms. The molecule has 29 heavy (non-hydrogen) atoms. The van der Waals surface area contributed by atoms with Crippen LogP contribution in [0.25, 0.3) is 21.0 Å². The maximum absolute atomic E-state index is 11.7. The van der Waals surface area contributed by atoms with Gasteiger partial charge < -0.3 is 24.3 Å². The molecule has 9 heteroatoms. The fourth-order valence-electron chi connectivity index (χ4n) is 3.95. The largest absolute Gasteiger partial charge is 0.494 e. The molecule has 0 aliphatic carbocycles. The number of amides is 1. The zero-order chi connectivity index (χ0) is 20.0. The van der Waals surface area contributed by atoms with Crippen LogP contribution in [0.15, 0.2) is 12.1 Å². The highest BCUT2D eigenvalue weighted by atomic mass is 32.1. The Bertz CT molecular complexity index is 1070. The van der Waals surface area contributed by atoms with Crippen LogP contribution in [0.2, 0.25) is 0 Å². The first-order chi connectivity index (χ1) is 14.1. The number of H-pyrrole nitrogens is 1. The lowest BCUT2D eigenvalue weighted by Crippen LogP contribution is -2.36. The molecule has 1 aromatic carbocycles. The highest BCUT2D eigenvalue weighted by Gasteiger charge is 2.24. The molecule has 2 aromatic heterocycles. The van der Waals surface area contributed by atoms with E-state index in [0.29, 0.717) is 13.1 Å². The van der Waals surface area contributed by atoms with E-state index in [4.69, 9.17) is 19.4 Å². The summed E-state index contributed by atoms with van der Waals surface area (Å²) in [4.78, 5) is 28.9. The number of hydrogen-bond acceptors (Lipinski definition) is 7. The Hall–Kier alpha value is -2.65. The molecule has 3 aromatic rings. The average Bonchev–Trinajstić information content (AvgIpc) is 3.37. The van der Waals surface area contributed by atoms with E-state index in [1.54, 1.807) is 25.4 Å².